The summed E-state index contributed by atoms with van der Waals surface area (Å²) in [6, 6.07) is 4.21. The molecule has 1 unspecified atom stereocenters. The van der Waals surface area contributed by atoms with Crippen molar-refractivity contribution < 1.29 is 0 Å². The number of thioether (sulfide) groups is 1. The molecular formula is C13H17N3S. The van der Waals surface area contributed by atoms with Crippen molar-refractivity contribution in [2.45, 2.75) is 19.4 Å². The normalized spacial score (nSPS) is 20.2. The Hall–Kier alpha value is -1.00. The van der Waals surface area contributed by atoms with Crippen LogP contribution in [-0.4, -0.2) is 20.9 Å². The fourth-order valence-electron chi connectivity index (χ4n) is 2.38. The van der Waals surface area contributed by atoms with E-state index in [9.17, 15) is 0 Å². The summed E-state index contributed by atoms with van der Waals surface area (Å²) in [5.74, 6) is 4.59. The molecule has 90 valence electrons. The third-order valence-corrected chi connectivity index (χ3v) is 4.64. The van der Waals surface area contributed by atoms with Gasteiger partial charge in [0.1, 0.15) is 5.82 Å². The molecule has 3 rings (SSSR count). The molecule has 0 bridgehead atoms. The van der Waals surface area contributed by atoms with Gasteiger partial charge in [0, 0.05) is 19.2 Å². The minimum atomic E-state index is 0.594. The van der Waals surface area contributed by atoms with Crippen molar-refractivity contribution in [1.29, 1.82) is 0 Å². The molecule has 2 aromatic heterocycles. The molecule has 2 N–H and O–H groups in total. The van der Waals surface area contributed by atoms with E-state index in [0.29, 0.717) is 6.54 Å². The van der Waals surface area contributed by atoms with E-state index in [4.69, 9.17) is 5.73 Å². The molecule has 0 spiro atoms. The molecule has 4 heteroatoms. The van der Waals surface area contributed by atoms with Gasteiger partial charge in [0.15, 0.2) is 0 Å². The summed E-state index contributed by atoms with van der Waals surface area (Å²) in [6.07, 6.45) is 6.49. The van der Waals surface area contributed by atoms with E-state index in [1.807, 2.05) is 6.20 Å². The highest BCUT2D eigenvalue weighted by Gasteiger charge is 2.18. The van der Waals surface area contributed by atoms with Crippen LogP contribution in [0.25, 0.3) is 5.52 Å². The zero-order valence-electron chi connectivity index (χ0n) is 9.80. The lowest BCUT2D eigenvalue weighted by Gasteiger charge is -2.07. The molecule has 0 saturated carbocycles. The van der Waals surface area contributed by atoms with E-state index < -0.39 is 0 Å². The maximum atomic E-state index is 5.65. The first-order valence-electron chi connectivity index (χ1n) is 6.09. The summed E-state index contributed by atoms with van der Waals surface area (Å²) in [5.41, 5.74) is 7.98. The van der Waals surface area contributed by atoms with Crippen LogP contribution in [0, 0.1) is 5.92 Å². The van der Waals surface area contributed by atoms with Gasteiger partial charge in [0.05, 0.1) is 11.7 Å². The van der Waals surface area contributed by atoms with Crippen LogP contribution in [0.1, 0.15) is 17.8 Å². The van der Waals surface area contributed by atoms with Crippen LogP contribution >= 0.6 is 11.8 Å². The van der Waals surface area contributed by atoms with Gasteiger partial charge in [0.25, 0.3) is 0 Å². The quantitative estimate of drug-likeness (QED) is 0.903. The highest BCUT2D eigenvalue weighted by Crippen LogP contribution is 2.26. The second-order valence-electron chi connectivity index (χ2n) is 4.64. The zero-order chi connectivity index (χ0) is 11.7. The third-order valence-electron chi connectivity index (χ3n) is 3.40. The van der Waals surface area contributed by atoms with Gasteiger partial charge in [-0.2, -0.15) is 11.8 Å². The molecule has 0 aliphatic carbocycles. The van der Waals surface area contributed by atoms with E-state index in [2.05, 4.69) is 39.5 Å². The third kappa shape index (κ3) is 2.19. The molecule has 3 heterocycles. The van der Waals surface area contributed by atoms with Gasteiger partial charge in [-0.05, 0) is 41.5 Å². The Balaban J connectivity index is 1.89. The number of hydrogen-bond acceptors (Lipinski definition) is 3. The molecule has 0 radical (unpaired) electrons. The molecule has 17 heavy (non-hydrogen) atoms. The zero-order valence-corrected chi connectivity index (χ0v) is 10.6. The van der Waals surface area contributed by atoms with Gasteiger partial charge in [-0.25, -0.2) is 4.98 Å². The maximum Gasteiger partial charge on any atom is 0.113 e. The van der Waals surface area contributed by atoms with Crippen molar-refractivity contribution in [3.05, 3.63) is 35.9 Å². The molecule has 0 amide bonds. The number of aromatic nitrogens is 2. The van der Waals surface area contributed by atoms with Crippen LogP contribution in [0.5, 0.6) is 0 Å². The monoisotopic (exact) mass is 247 g/mol. The van der Waals surface area contributed by atoms with Gasteiger partial charge >= 0.3 is 0 Å². The van der Waals surface area contributed by atoms with Crippen LogP contribution in [0.15, 0.2) is 24.5 Å². The molecule has 1 aliphatic heterocycles. The molecule has 1 saturated heterocycles. The van der Waals surface area contributed by atoms with Crippen LogP contribution in [0.3, 0.4) is 0 Å². The average Bonchev–Trinajstić information content (AvgIpc) is 2.99. The van der Waals surface area contributed by atoms with Crippen LogP contribution in [0.2, 0.25) is 0 Å². The van der Waals surface area contributed by atoms with Crippen molar-refractivity contribution in [1.82, 2.24) is 9.38 Å². The minimum absolute atomic E-state index is 0.594. The van der Waals surface area contributed by atoms with Crippen molar-refractivity contribution in [3.63, 3.8) is 0 Å². The summed E-state index contributed by atoms with van der Waals surface area (Å²) in [7, 11) is 0. The van der Waals surface area contributed by atoms with E-state index >= 15 is 0 Å². The smallest absolute Gasteiger partial charge is 0.113 e. The Kier molecular flexibility index (Phi) is 3.07. The summed E-state index contributed by atoms with van der Waals surface area (Å²) >= 11 is 2.06. The SMILES string of the molecule is NCc1ccn2c(CC3CCSC3)ncc2c1. The highest BCUT2D eigenvalue weighted by atomic mass is 32.2. The first-order chi connectivity index (χ1) is 8.36. The Morgan fingerprint density at radius 3 is 3.24 bits per heavy atom. The van der Waals surface area contributed by atoms with Gasteiger partial charge in [-0.3, -0.25) is 0 Å². The first-order valence-corrected chi connectivity index (χ1v) is 7.25. The van der Waals surface area contributed by atoms with Gasteiger partial charge in [-0.15, -0.1) is 0 Å². The minimum Gasteiger partial charge on any atom is -0.326 e. The lowest BCUT2D eigenvalue weighted by Crippen LogP contribution is -2.06. The van der Waals surface area contributed by atoms with Crippen molar-refractivity contribution >= 4 is 17.3 Å². The molecule has 1 aliphatic rings. The summed E-state index contributed by atoms with van der Waals surface area (Å²) in [6.45, 7) is 0.594. The molecule has 1 fully saturated rings. The van der Waals surface area contributed by atoms with Crippen molar-refractivity contribution in [2.75, 3.05) is 11.5 Å². The fourth-order valence-corrected chi connectivity index (χ4v) is 3.67. The maximum absolute atomic E-state index is 5.65. The predicted octanol–water partition coefficient (Wildman–Crippen LogP) is 2.09. The molecule has 1 atom stereocenters. The Morgan fingerprint density at radius 1 is 1.53 bits per heavy atom. The van der Waals surface area contributed by atoms with E-state index in [1.54, 1.807) is 0 Å². The number of imidazole rings is 1. The topological polar surface area (TPSA) is 43.3 Å². The lowest BCUT2D eigenvalue weighted by atomic mass is 10.1. The fraction of sp³-hybridized carbons (Fsp3) is 0.462. The average molecular weight is 247 g/mol. The van der Waals surface area contributed by atoms with Gasteiger partial charge in [-0.1, -0.05) is 0 Å². The molecule has 2 aromatic rings. The summed E-state index contributed by atoms with van der Waals surface area (Å²) in [4.78, 5) is 4.55. The van der Waals surface area contributed by atoms with Crippen LogP contribution in [0.4, 0.5) is 0 Å². The second kappa shape index (κ2) is 4.70. The number of hydrogen-bond donors (Lipinski definition) is 1. The second-order valence-corrected chi connectivity index (χ2v) is 5.79. The van der Waals surface area contributed by atoms with Gasteiger partial charge in [0.2, 0.25) is 0 Å². The largest absolute Gasteiger partial charge is 0.326 e. The molecule has 0 aromatic carbocycles. The Morgan fingerprint density at radius 2 is 2.47 bits per heavy atom. The van der Waals surface area contributed by atoms with E-state index in [0.717, 1.165) is 17.9 Å². The molecular weight excluding hydrogens is 230 g/mol. The van der Waals surface area contributed by atoms with Gasteiger partial charge < -0.3 is 10.1 Å². The van der Waals surface area contributed by atoms with Crippen LogP contribution in [-0.2, 0) is 13.0 Å². The Bertz CT molecular complexity index is 514. The lowest BCUT2D eigenvalue weighted by molar-refractivity contribution is 0.574. The van der Waals surface area contributed by atoms with Crippen LogP contribution < -0.4 is 5.73 Å². The number of nitrogens with zero attached hydrogens (tertiary/aromatic N) is 2. The van der Waals surface area contributed by atoms with E-state index in [-0.39, 0.29) is 0 Å². The van der Waals surface area contributed by atoms with Crippen molar-refractivity contribution in [2.24, 2.45) is 11.7 Å². The number of fused-ring (bicyclic) bond motifs is 1. The standard InChI is InChI=1S/C13H17N3S/c14-7-10-1-3-16-12(5-10)8-15-13(16)6-11-2-4-17-9-11/h1,3,5,8,11H,2,4,6-7,9,14H2. The highest BCUT2D eigenvalue weighted by molar-refractivity contribution is 7.99. The summed E-state index contributed by atoms with van der Waals surface area (Å²) in [5, 5.41) is 0. The number of rotatable bonds is 3. The Labute approximate surface area is 105 Å². The number of nitrogens with two attached hydrogens (primary N) is 1. The summed E-state index contributed by atoms with van der Waals surface area (Å²) < 4.78 is 2.20. The first kappa shape index (κ1) is 11.1. The van der Waals surface area contributed by atoms with E-state index in [1.165, 1.54) is 29.3 Å². The predicted molar refractivity (Wildman–Crippen MR) is 72.2 cm³/mol. The number of pyridine rings is 1. The van der Waals surface area contributed by atoms with Crippen molar-refractivity contribution in [3.8, 4) is 0 Å². The molecule has 3 nitrogen and oxygen atoms in total.